The van der Waals surface area contributed by atoms with Crippen molar-refractivity contribution >= 4 is 28.7 Å². The number of hydrogen-bond acceptors (Lipinski definition) is 3. The Morgan fingerprint density at radius 1 is 0.895 bits per heavy atom. The van der Waals surface area contributed by atoms with Crippen LogP contribution in [0.15, 0.2) is 85.1 Å². The summed E-state index contributed by atoms with van der Waals surface area (Å²) in [5, 5.41) is 4.11. The van der Waals surface area contributed by atoms with E-state index in [-0.39, 0.29) is 11.4 Å². The smallest absolute Gasteiger partial charge is 0.410 e. The van der Waals surface area contributed by atoms with Crippen LogP contribution in [-0.2, 0) is 11.8 Å². The van der Waals surface area contributed by atoms with Gasteiger partial charge in [0.1, 0.15) is 5.75 Å². The number of nitrogens with zero attached hydrogens (tertiary/aromatic N) is 2. The number of hydrogen-bond donors (Lipinski definition) is 1. The normalized spacial score (nSPS) is 14.4. The molecule has 0 unspecified atom stereocenters. The number of ether oxygens (including phenoxy) is 1. The predicted molar refractivity (Wildman–Crippen MR) is 152 cm³/mol. The molecule has 0 spiro atoms. The van der Waals surface area contributed by atoms with Crippen molar-refractivity contribution < 1.29 is 14.3 Å². The summed E-state index contributed by atoms with van der Waals surface area (Å²) in [5.74, 6) is 0.960. The predicted octanol–water partition coefficient (Wildman–Crippen LogP) is 7.47. The Hall–Kier alpha value is -4.06. The lowest BCUT2D eigenvalue weighted by Crippen LogP contribution is -2.41. The van der Waals surface area contributed by atoms with Crippen LogP contribution in [0.25, 0.3) is 10.9 Å². The summed E-state index contributed by atoms with van der Waals surface area (Å²) in [5.41, 5.74) is 4.12. The van der Waals surface area contributed by atoms with Crippen molar-refractivity contribution in [1.82, 2.24) is 9.47 Å². The van der Waals surface area contributed by atoms with Crippen molar-refractivity contribution in [3.8, 4) is 5.75 Å². The van der Waals surface area contributed by atoms with Gasteiger partial charge in [-0.15, -0.1) is 0 Å². The highest BCUT2D eigenvalue weighted by Gasteiger charge is 2.25. The monoisotopic (exact) mass is 509 g/mol. The molecule has 1 fully saturated rings. The molecule has 1 aliphatic rings. The van der Waals surface area contributed by atoms with Crippen LogP contribution in [-0.4, -0.2) is 34.7 Å². The number of piperidine rings is 1. The molecule has 6 heteroatoms. The van der Waals surface area contributed by atoms with Crippen LogP contribution in [0.3, 0.4) is 0 Å². The van der Waals surface area contributed by atoms with Crippen LogP contribution in [0, 0.1) is 5.92 Å². The van der Waals surface area contributed by atoms with E-state index in [0.717, 1.165) is 41.4 Å². The first-order valence-corrected chi connectivity index (χ1v) is 13.3. The number of anilines is 1. The van der Waals surface area contributed by atoms with E-state index in [0.29, 0.717) is 24.8 Å². The van der Waals surface area contributed by atoms with E-state index in [4.69, 9.17) is 4.74 Å². The van der Waals surface area contributed by atoms with Crippen molar-refractivity contribution in [3.05, 3.63) is 96.2 Å². The van der Waals surface area contributed by atoms with Crippen molar-refractivity contribution in [3.63, 3.8) is 0 Å². The molecule has 0 bridgehead atoms. The summed E-state index contributed by atoms with van der Waals surface area (Å²) < 4.78 is 7.20. The first-order valence-electron chi connectivity index (χ1n) is 13.3. The fourth-order valence-corrected chi connectivity index (χ4v) is 5.11. The molecular weight excluding hydrogens is 474 g/mol. The largest absolute Gasteiger partial charge is 0.423 e. The van der Waals surface area contributed by atoms with E-state index in [1.54, 1.807) is 16.7 Å². The maximum absolute atomic E-state index is 13.0. The molecule has 6 nitrogen and oxygen atoms in total. The molecule has 0 atom stereocenters. The van der Waals surface area contributed by atoms with E-state index in [2.05, 4.69) is 44.3 Å². The molecule has 1 saturated heterocycles. The van der Waals surface area contributed by atoms with Gasteiger partial charge < -0.3 is 15.0 Å². The Kier molecular flexibility index (Phi) is 7.23. The standard InChI is InChI=1S/C32H35N3O3/c1-32(2,3)25-13-15-26(16-14-25)33-30(36)34-19-17-23(18-20-34)21-24-22-35(29-12-8-7-11-28(24)29)31(37)38-27-9-5-4-6-10-27/h4-16,22-23H,17-21H2,1-3H3,(H,33,36). The minimum Gasteiger partial charge on any atom is -0.410 e. The molecular formula is C32H35N3O3. The SMILES string of the molecule is CC(C)(C)c1ccc(NC(=O)N2CCC(Cc3cn(C(=O)Oc4ccccc4)c4ccccc34)CC2)cc1. The highest BCUT2D eigenvalue weighted by atomic mass is 16.6. The number of likely N-dealkylation sites (tertiary alicyclic amines) is 1. The number of amides is 2. The van der Waals surface area contributed by atoms with Crippen molar-refractivity contribution in [2.24, 2.45) is 5.92 Å². The Morgan fingerprint density at radius 2 is 1.55 bits per heavy atom. The van der Waals surface area contributed by atoms with E-state index in [9.17, 15) is 9.59 Å². The number of carbonyl (C=O) groups excluding carboxylic acids is 2. The number of para-hydroxylation sites is 2. The molecule has 0 aliphatic carbocycles. The Balaban J connectivity index is 1.20. The lowest BCUT2D eigenvalue weighted by molar-refractivity contribution is 0.182. The summed E-state index contributed by atoms with van der Waals surface area (Å²) in [6, 6.07) is 25.1. The molecule has 0 saturated carbocycles. The Labute approximate surface area is 224 Å². The van der Waals surface area contributed by atoms with E-state index in [1.165, 1.54) is 5.56 Å². The highest BCUT2D eigenvalue weighted by molar-refractivity contribution is 5.92. The van der Waals surface area contributed by atoms with Gasteiger partial charge in [-0.3, -0.25) is 4.57 Å². The second-order valence-corrected chi connectivity index (χ2v) is 11.1. The first-order chi connectivity index (χ1) is 18.3. The van der Waals surface area contributed by atoms with Gasteiger partial charge >= 0.3 is 12.1 Å². The van der Waals surface area contributed by atoms with Crippen molar-refractivity contribution in [1.29, 1.82) is 0 Å². The number of nitrogens with one attached hydrogen (secondary N) is 1. The molecule has 2 heterocycles. The third-order valence-electron chi connectivity index (χ3n) is 7.35. The van der Waals surface area contributed by atoms with Gasteiger partial charge in [0.05, 0.1) is 5.52 Å². The average Bonchev–Trinajstić information content (AvgIpc) is 3.28. The van der Waals surface area contributed by atoms with Gasteiger partial charge in [-0.2, -0.15) is 0 Å². The molecule has 4 aromatic rings. The zero-order chi connectivity index (χ0) is 26.7. The number of urea groups is 1. The maximum Gasteiger partial charge on any atom is 0.423 e. The Bertz CT molecular complexity index is 1410. The van der Waals surface area contributed by atoms with Gasteiger partial charge in [-0.05, 0) is 72.1 Å². The van der Waals surface area contributed by atoms with Gasteiger partial charge in [0.25, 0.3) is 0 Å². The quantitative estimate of drug-likeness (QED) is 0.310. The van der Waals surface area contributed by atoms with Crippen molar-refractivity contribution in [2.45, 2.75) is 45.4 Å². The minimum absolute atomic E-state index is 0.0489. The van der Waals surface area contributed by atoms with E-state index < -0.39 is 6.09 Å². The molecule has 0 radical (unpaired) electrons. The first kappa shape index (κ1) is 25.6. The number of fused-ring (bicyclic) bond motifs is 1. The van der Waals surface area contributed by atoms with Crippen LogP contribution in [0.5, 0.6) is 5.75 Å². The zero-order valence-electron chi connectivity index (χ0n) is 22.3. The fraction of sp³-hybridized carbons (Fsp3) is 0.312. The molecule has 196 valence electrons. The summed E-state index contributed by atoms with van der Waals surface area (Å²) >= 11 is 0. The third-order valence-corrected chi connectivity index (χ3v) is 7.35. The zero-order valence-corrected chi connectivity index (χ0v) is 22.3. The molecule has 38 heavy (non-hydrogen) atoms. The molecule has 3 aromatic carbocycles. The van der Waals surface area contributed by atoms with E-state index >= 15 is 0 Å². The van der Waals surface area contributed by atoms with E-state index in [1.807, 2.05) is 59.6 Å². The Morgan fingerprint density at radius 3 is 2.24 bits per heavy atom. The molecule has 2 amide bonds. The lowest BCUT2D eigenvalue weighted by Gasteiger charge is -2.32. The summed E-state index contributed by atoms with van der Waals surface area (Å²) in [6.45, 7) is 7.97. The van der Waals surface area contributed by atoms with Gasteiger partial charge in [0, 0.05) is 30.4 Å². The molecule has 5 rings (SSSR count). The highest BCUT2D eigenvalue weighted by Crippen LogP contribution is 2.29. The lowest BCUT2D eigenvalue weighted by atomic mass is 9.87. The number of rotatable bonds is 4. The second kappa shape index (κ2) is 10.7. The maximum atomic E-state index is 13.0. The number of aromatic nitrogens is 1. The number of carbonyl (C=O) groups is 2. The molecule has 1 aliphatic heterocycles. The summed E-state index contributed by atoms with van der Waals surface area (Å²) in [6.07, 6.45) is 4.20. The average molecular weight is 510 g/mol. The fourth-order valence-electron chi connectivity index (χ4n) is 5.11. The van der Waals surface area contributed by atoms with Crippen LogP contribution >= 0.6 is 0 Å². The topological polar surface area (TPSA) is 63.6 Å². The van der Waals surface area contributed by atoms with Gasteiger partial charge in [-0.25, -0.2) is 9.59 Å². The minimum atomic E-state index is -0.416. The second-order valence-electron chi connectivity index (χ2n) is 11.1. The molecule has 1 N–H and O–H groups in total. The van der Waals surface area contributed by atoms with Gasteiger partial charge in [0.2, 0.25) is 0 Å². The van der Waals surface area contributed by atoms with Crippen LogP contribution < -0.4 is 10.1 Å². The van der Waals surface area contributed by atoms with Crippen LogP contribution in [0.2, 0.25) is 0 Å². The summed E-state index contributed by atoms with van der Waals surface area (Å²) in [7, 11) is 0. The van der Waals surface area contributed by atoms with Crippen molar-refractivity contribution in [2.75, 3.05) is 18.4 Å². The molecule has 1 aromatic heterocycles. The van der Waals surface area contributed by atoms with Gasteiger partial charge in [0.15, 0.2) is 0 Å². The van der Waals surface area contributed by atoms with Crippen LogP contribution in [0.4, 0.5) is 15.3 Å². The van der Waals surface area contributed by atoms with Crippen LogP contribution in [0.1, 0.15) is 44.7 Å². The van der Waals surface area contributed by atoms with Gasteiger partial charge in [-0.1, -0.05) is 69.3 Å². The number of benzene rings is 3. The third kappa shape index (κ3) is 5.75. The summed E-state index contributed by atoms with van der Waals surface area (Å²) in [4.78, 5) is 27.7.